The first-order chi connectivity index (χ1) is 20.5. The van der Waals surface area contributed by atoms with Crippen molar-refractivity contribution in [3.63, 3.8) is 0 Å². The number of para-hydroxylation sites is 4. The van der Waals surface area contributed by atoms with Crippen molar-refractivity contribution in [3.05, 3.63) is 140 Å². The first-order valence-corrected chi connectivity index (χ1v) is 14.7. The van der Waals surface area contributed by atoms with Gasteiger partial charge in [0.15, 0.2) is 0 Å². The summed E-state index contributed by atoms with van der Waals surface area (Å²) in [6.07, 6.45) is 2.56. The highest BCUT2D eigenvalue weighted by molar-refractivity contribution is 6.30. The molecule has 2 heterocycles. The van der Waals surface area contributed by atoms with Gasteiger partial charge in [0.2, 0.25) is 0 Å². The van der Waals surface area contributed by atoms with Gasteiger partial charge in [0.05, 0.1) is 22.1 Å². The van der Waals surface area contributed by atoms with E-state index in [0.29, 0.717) is 29.4 Å². The lowest BCUT2D eigenvalue weighted by atomic mass is 10.1. The van der Waals surface area contributed by atoms with Crippen molar-refractivity contribution in [2.75, 3.05) is 0 Å². The molecule has 212 valence electrons. The molecule has 0 saturated carbocycles. The van der Waals surface area contributed by atoms with Crippen LogP contribution >= 0.6 is 11.6 Å². The minimum absolute atomic E-state index is 0.00616. The average Bonchev–Trinajstić information content (AvgIpc) is 3.03. The van der Waals surface area contributed by atoms with Gasteiger partial charge in [-0.3, -0.25) is 9.59 Å². The molecule has 6 nitrogen and oxygen atoms in total. The van der Waals surface area contributed by atoms with Crippen molar-refractivity contribution in [3.8, 4) is 11.3 Å². The van der Waals surface area contributed by atoms with Gasteiger partial charge >= 0.3 is 0 Å². The predicted octanol–water partition coefficient (Wildman–Crippen LogP) is 7.52. The fourth-order valence-corrected chi connectivity index (χ4v) is 5.11. The Kier molecular flexibility index (Phi) is 9.25. The van der Waals surface area contributed by atoms with Crippen molar-refractivity contribution in [1.29, 1.82) is 0 Å². The van der Waals surface area contributed by atoms with Gasteiger partial charge in [-0.1, -0.05) is 91.7 Å². The highest BCUT2D eigenvalue weighted by Gasteiger charge is 2.12. The Morgan fingerprint density at radius 3 is 1.90 bits per heavy atom. The van der Waals surface area contributed by atoms with E-state index in [9.17, 15) is 9.59 Å². The van der Waals surface area contributed by atoms with E-state index < -0.39 is 0 Å². The van der Waals surface area contributed by atoms with E-state index in [0.717, 1.165) is 52.6 Å². The minimum Gasteiger partial charge on any atom is -0.305 e. The first-order valence-electron chi connectivity index (χ1n) is 14.3. The molecule has 6 aromatic rings. The molecule has 0 saturated heterocycles. The molecule has 42 heavy (non-hydrogen) atoms. The molecular formula is C35H33ClN4O2. The van der Waals surface area contributed by atoms with Crippen LogP contribution in [0, 0.1) is 0 Å². The summed E-state index contributed by atoms with van der Waals surface area (Å²) in [5.41, 5.74) is 6.48. The third kappa shape index (κ3) is 6.34. The lowest BCUT2D eigenvalue weighted by Crippen LogP contribution is -2.25. The molecule has 6 rings (SSSR count). The molecule has 0 aliphatic rings. The number of benzene rings is 4. The Hall–Kier alpha value is -4.55. The topological polar surface area (TPSA) is 69.8 Å². The second kappa shape index (κ2) is 13.4. The third-order valence-electron chi connectivity index (χ3n) is 7.16. The quantitative estimate of drug-likeness (QED) is 0.197. The van der Waals surface area contributed by atoms with Crippen LogP contribution in [0.2, 0.25) is 5.02 Å². The van der Waals surface area contributed by atoms with E-state index in [4.69, 9.17) is 11.6 Å². The zero-order valence-electron chi connectivity index (χ0n) is 23.8. The summed E-state index contributed by atoms with van der Waals surface area (Å²) in [6, 6.07) is 32.8. The fourth-order valence-electron chi connectivity index (χ4n) is 4.98. The molecule has 0 spiro atoms. The average molecular weight is 577 g/mol. The summed E-state index contributed by atoms with van der Waals surface area (Å²) in [6.45, 7) is 5.47. The lowest BCUT2D eigenvalue weighted by molar-refractivity contribution is 0.630. The van der Waals surface area contributed by atoms with Gasteiger partial charge in [-0.15, -0.1) is 0 Å². The maximum atomic E-state index is 12.8. The molecular weight excluding hydrogens is 544 g/mol. The van der Waals surface area contributed by atoms with E-state index in [-0.39, 0.29) is 11.1 Å². The van der Waals surface area contributed by atoms with Crippen molar-refractivity contribution < 1.29 is 0 Å². The lowest BCUT2D eigenvalue weighted by Gasteiger charge is -2.11. The highest BCUT2D eigenvalue weighted by Crippen LogP contribution is 2.18. The number of aromatic nitrogens is 4. The van der Waals surface area contributed by atoms with Gasteiger partial charge in [0.25, 0.3) is 11.1 Å². The van der Waals surface area contributed by atoms with Crippen LogP contribution in [-0.4, -0.2) is 19.1 Å². The van der Waals surface area contributed by atoms with Crippen LogP contribution in [0.5, 0.6) is 0 Å². The zero-order chi connectivity index (χ0) is 29.5. The zero-order valence-corrected chi connectivity index (χ0v) is 24.6. The van der Waals surface area contributed by atoms with E-state index in [1.165, 1.54) is 0 Å². The minimum atomic E-state index is -0.0221. The molecule has 2 aromatic heterocycles. The van der Waals surface area contributed by atoms with Crippen LogP contribution in [0.25, 0.3) is 33.3 Å². The van der Waals surface area contributed by atoms with Gasteiger partial charge < -0.3 is 9.13 Å². The fraction of sp³-hybridized carbons (Fsp3) is 0.200. The molecule has 7 heteroatoms. The van der Waals surface area contributed by atoms with Crippen molar-refractivity contribution >= 4 is 33.7 Å². The Balaban J connectivity index is 0.000000168. The molecule has 0 atom stereocenters. The third-order valence-corrected chi connectivity index (χ3v) is 7.41. The van der Waals surface area contributed by atoms with E-state index in [1.54, 1.807) is 4.57 Å². The maximum absolute atomic E-state index is 12.8. The summed E-state index contributed by atoms with van der Waals surface area (Å²) in [4.78, 5) is 34.5. The van der Waals surface area contributed by atoms with E-state index >= 15 is 0 Å². The number of hydrogen-bond donors (Lipinski definition) is 0. The number of rotatable bonds is 7. The Labute approximate surface area is 249 Å². The molecule has 0 fully saturated rings. The molecule has 0 bridgehead atoms. The number of aryl methyl sites for hydroxylation is 2. The van der Waals surface area contributed by atoms with Gasteiger partial charge in [-0.25, -0.2) is 9.97 Å². The number of halogens is 1. The molecule has 4 aromatic carbocycles. The van der Waals surface area contributed by atoms with Crippen molar-refractivity contribution in [2.45, 2.75) is 46.2 Å². The summed E-state index contributed by atoms with van der Waals surface area (Å²) < 4.78 is 3.63. The van der Waals surface area contributed by atoms with Crippen LogP contribution in [-0.2, 0) is 19.5 Å². The number of nitrogens with zero attached hydrogens (tertiary/aromatic N) is 4. The first kappa shape index (κ1) is 29.0. The van der Waals surface area contributed by atoms with Gasteiger partial charge in [-0.05, 0) is 55.3 Å². The van der Waals surface area contributed by atoms with E-state index in [1.807, 2.05) is 115 Å². The smallest absolute Gasteiger partial charge is 0.277 e. The van der Waals surface area contributed by atoms with Gasteiger partial charge in [-0.2, -0.15) is 0 Å². The molecule has 0 aliphatic carbocycles. The van der Waals surface area contributed by atoms with E-state index in [2.05, 4.69) is 16.9 Å². The number of fused-ring (bicyclic) bond motifs is 2. The molecule has 0 radical (unpaired) electrons. The van der Waals surface area contributed by atoms with Crippen LogP contribution in [0.4, 0.5) is 0 Å². The van der Waals surface area contributed by atoms with Crippen molar-refractivity contribution in [1.82, 2.24) is 19.1 Å². The summed E-state index contributed by atoms with van der Waals surface area (Å²) in [5.74, 6) is 0. The summed E-state index contributed by atoms with van der Waals surface area (Å²) in [7, 11) is 0. The monoisotopic (exact) mass is 576 g/mol. The predicted molar refractivity (Wildman–Crippen MR) is 172 cm³/mol. The Morgan fingerprint density at radius 2 is 1.26 bits per heavy atom. The molecule has 0 unspecified atom stereocenters. The van der Waals surface area contributed by atoms with Gasteiger partial charge in [0.1, 0.15) is 11.4 Å². The normalized spacial score (nSPS) is 10.9. The largest absolute Gasteiger partial charge is 0.305 e. The number of hydrogen-bond acceptors (Lipinski definition) is 4. The summed E-state index contributed by atoms with van der Waals surface area (Å²) in [5, 5.41) is 0.691. The second-order valence-electron chi connectivity index (χ2n) is 10.0. The van der Waals surface area contributed by atoms with Gasteiger partial charge in [0, 0.05) is 30.1 Å². The summed E-state index contributed by atoms with van der Waals surface area (Å²) >= 11 is 5.89. The maximum Gasteiger partial charge on any atom is 0.277 e. The Morgan fingerprint density at radius 1 is 0.667 bits per heavy atom. The van der Waals surface area contributed by atoms with Crippen LogP contribution in [0.1, 0.15) is 37.9 Å². The highest BCUT2D eigenvalue weighted by atomic mass is 35.5. The van der Waals surface area contributed by atoms with Crippen LogP contribution in [0.3, 0.4) is 0 Å². The SMILES string of the molecule is CCCCn1c(=O)c(-c2ccccc2)nc2ccccc21.CCn1c(=O)c(Cc2ccc(Cl)cc2)nc2ccccc21. The molecule has 0 amide bonds. The molecule has 0 N–H and O–H groups in total. The standard InChI is InChI=1S/C18H18N2O.C17H15ClN2O/c1-2-3-13-20-16-12-8-7-11-15(16)19-17(18(20)21)14-9-5-4-6-10-14;1-2-20-16-6-4-3-5-14(16)19-15(17(20)21)11-12-7-9-13(18)10-8-12/h4-12H,2-3,13H2,1H3;3-10H,2,11H2,1H3. The number of unbranched alkanes of at least 4 members (excludes halogenated alkanes) is 1. The Bertz CT molecular complexity index is 1930. The van der Waals surface area contributed by atoms with Crippen LogP contribution in [0.15, 0.2) is 113 Å². The second-order valence-corrected chi connectivity index (χ2v) is 10.5. The van der Waals surface area contributed by atoms with Crippen molar-refractivity contribution in [2.24, 2.45) is 0 Å². The molecule has 0 aliphatic heterocycles. The van der Waals surface area contributed by atoms with Crippen LogP contribution < -0.4 is 11.1 Å².